The van der Waals surface area contributed by atoms with Crippen molar-refractivity contribution in [3.63, 3.8) is 0 Å². The zero-order valence-corrected chi connectivity index (χ0v) is 12.2. The monoisotopic (exact) mass is 280 g/mol. The Kier molecular flexibility index (Phi) is 3.85. The zero-order valence-electron chi connectivity index (χ0n) is 11.5. The van der Waals surface area contributed by atoms with Gasteiger partial charge in [0.15, 0.2) is 0 Å². The maximum Gasteiger partial charge on any atom is 0.128 e. The predicted molar refractivity (Wildman–Crippen MR) is 74.6 cm³/mol. The van der Waals surface area contributed by atoms with E-state index in [-0.39, 0.29) is 23.2 Å². The van der Waals surface area contributed by atoms with Crippen molar-refractivity contribution in [2.24, 2.45) is 5.92 Å². The molecule has 0 saturated carbocycles. The molecule has 0 aliphatic carbocycles. The van der Waals surface area contributed by atoms with Crippen molar-refractivity contribution < 1.29 is 4.39 Å². The first-order chi connectivity index (χ1) is 8.84. The maximum atomic E-state index is 14.0. The van der Waals surface area contributed by atoms with Crippen LogP contribution in [0.25, 0.3) is 0 Å². The van der Waals surface area contributed by atoms with Gasteiger partial charge in [0.2, 0.25) is 0 Å². The van der Waals surface area contributed by atoms with Crippen molar-refractivity contribution in [1.82, 2.24) is 4.90 Å². The number of likely N-dealkylation sites (tertiary alicyclic amines) is 1. The summed E-state index contributed by atoms with van der Waals surface area (Å²) >= 11 is 6.13. The van der Waals surface area contributed by atoms with E-state index < -0.39 is 0 Å². The number of hydrogen-bond acceptors (Lipinski definition) is 2. The van der Waals surface area contributed by atoms with Gasteiger partial charge >= 0.3 is 0 Å². The van der Waals surface area contributed by atoms with Gasteiger partial charge in [-0.1, -0.05) is 17.7 Å². The Bertz CT molecular complexity index is 496. The number of hydrogen-bond donors (Lipinski definition) is 0. The fourth-order valence-electron chi connectivity index (χ4n) is 2.64. The van der Waals surface area contributed by atoms with Crippen LogP contribution in [-0.4, -0.2) is 23.5 Å². The maximum absolute atomic E-state index is 14.0. The quantitative estimate of drug-likeness (QED) is 0.782. The molecule has 0 aromatic heterocycles. The van der Waals surface area contributed by atoms with Crippen LogP contribution >= 0.6 is 11.6 Å². The summed E-state index contributed by atoms with van der Waals surface area (Å²) < 4.78 is 14.0. The van der Waals surface area contributed by atoms with Gasteiger partial charge in [0.25, 0.3) is 0 Å². The van der Waals surface area contributed by atoms with Crippen LogP contribution in [0.4, 0.5) is 4.39 Å². The number of nitriles is 1. The Labute approximate surface area is 118 Å². The van der Waals surface area contributed by atoms with Crippen LogP contribution in [-0.2, 0) is 0 Å². The summed E-state index contributed by atoms with van der Waals surface area (Å²) in [7, 11) is 0. The third-order valence-corrected chi connectivity index (χ3v) is 4.13. The third kappa shape index (κ3) is 2.75. The van der Waals surface area contributed by atoms with E-state index in [4.69, 9.17) is 11.6 Å². The Morgan fingerprint density at radius 1 is 1.37 bits per heavy atom. The fourth-order valence-corrected chi connectivity index (χ4v) is 2.94. The molecule has 4 heteroatoms. The lowest BCUT2D eigenvalue weighted by Gasteiger charge is -2.31. The van der Waals surface area contributed by atoms with E-state index in [0.717, 1.165) is 0 Å². The highest BCUT2D eigenvalue weighted by molar-refractivity contribution is 6.31. The molecule has 1 aliphatic heterocycles. The van der Waals surface area contributed by atoms with Gasteiger partial charge in [-0.15, -0.1) is 0 Å². The zero-order chi connectivity index (χ0) is 14.2. The molecule has 0 bridgehead atoms. The summed E-state index contributed by atoms with van der Waals surface area (Å²) in [5, 5.41) is 9.74. The second-order valence-electron chi connectivity index (χ2n) is 6.05. The summed E-state index contributed by atoms with van der Waals surface area (Å²) in [6.45, 7) is 7.64. The van der Waals surface area contributed by atoms with E-state index >= 15 is 0 Å². The van der Waals surface area contributed by atoms with Gasteiger partial charge < -0.3 is 0 Å². The summed E-state index contributed by atoms with van der Waals surface area (Å²) in [5.41, 5.74) is 0.462. The molecule has 1 heterocycles. The van der Waals surface area contributed by atoms with E-state index in [1.807, 2.05) is 0 Å². The largest absolute Gasteiger partial charge is 0.297 e. The van der Waals surface area contributed by atoms with Crippen molar-refractivity contribution in [1.29, 1.82) is 5.26 Å². The average Bonchev–Trinajstić information content (AvgIpc) is 2.72. The van der Waals surface area contributed by atoms with E-state index in [1.165, 1.54) is 6.07 Å². The van der Waals surface area contributed by atoms with Crippen molar-refractivity contribution >= 4 is 11.6 Å². The van der Waals surface area contributed by atoms with Crippen LogP contribution < -0.4 is 0 Å². The molecule has 2 rings (SSSR count). The highest BCUT2D eigenvalue weighted by Crippen LogP contribution is 2.39. The lowest BCUT2D eigenvalue weighted by molar-refractivity contribution is 0.170. The molecule has 102 valence electrons. The Morgan fingerprint density at radius 3 is 2.58 bits per heavy atom. The van der Waals surface area contributed by atoms with Gasteiger partial charge in [-0.2, -0.15) is 5.26 Å². The summed E-state index contributed by atoms with van der Waals surface area (Å²) in [4.78, 5) is 2.22. The molecule has 1 aliphatic rings. The topological polar surface area (TPSA) is 27.0 Å². The minimum atomic E-state index is -0.312. The van der Waals surface area contributed by atoms with Gasteiger partial charge in [0, 0.05) is 35.1 Å². The van der Waals surface area contributed by atoms with Gasteiger partial charge in [-0.3, -0.25) is 4.90 Å². The minimum absolute atomic E-state index is 0.0262. The Balaban J connectivity index is 2.37. The molecule has 1 fully saturated rings. The fraction of sp³-hybridized carbons (Fsp3) is 0.533. The van der Waals surface area contributed by atoms with Gasteiger partial charge in [0.1, 0.15) is 5.82 Å². The van der Waals surface area contributed by atoms with Crippen LogP contribution in [0.1, 0.15) is 32.3 Å². The van der Waals surface area contributed by atoms with Crippen LogP contribution in [0, 0.1) is 23.1 Å². The summed E-state index contributed by atoms with van der Waals surface area (Å²) in [6, 6.07) is 7.00. The smallest absolute Gasteiger partial charge is 0.128 e. The first-order valence-corrected chi connectivity index (χ1v) is 6.81. The van der Waals surface area contributed by atoms with Gasteiger partial charge in [-0.05, 0) is 32.9 Å². The Hall–Kier alpha value is -1.11. The second-order valence-corrected chi connectivity index (χ2v) is 6.46. The third-order valence-electron chi connectivity index (χ3n) is 3.80. The van der Waals surface area contributed by atoms with Gasteiger partial charge in [-0.25, -0.2) is 4.39 Å². The molecule has 0 radical (unpaired) electrons. The summed E-state index contributed by atoms with van der Waals surface area (Å²) in [5.74, 6) is -0.681. The van der Waals surface area contributed by atoms with Crippen LogP contribution in [0.5, 0.6) is 0 Å². The molecule has 1 aromatic rings. The number of benzene rings is 1. The molecule has 0 N–H and O–H groups in total. The van der Waals surface area contributed by atoms with Crippen LogP contribution in [0.15, 0.2) is 18.2 Å². The standard InChI is InChI=1S/C15H18ClFN2/c1-15(2,3)19-8-10(7-18)11(9-19)14-12(16)5-4-6-13(14)17/h4-6,10-11H,8-9H2,1-3H3/t10-,11-/m1/s1. The Morgan fingerprint density at radius 2 is 2.05 bits per heavy atom. The number of nitrogens with zero attached hydrogens (tertiary/aromatic N) is 2. The van der Waals surface area contributed by atoms with Gasteiger partial charge in [0.05, 0.1) is 12.0 Å². The molecular formula is C15H18ClFN2. The van der Waals surface area contributed by atoms with Crippen molar-refractivity contribution in [3.8, 4) is 6.07 Å². The molecule has 0 spiro atoms. The highest BCUT2D eigenvalue weighted by Gasteiger charge is 2.40. The molecule has 2 atom stereocenters. The molecule has 1 saturated heterocycles. The minimum Gasteiger partial charge on any atom is -0.297 e. The molecular weight excluding hydrogens is 263 g/mol. The number of rotatable bonds is 1. The summed E-state index contributed by atoms with van der Waals surface area (Å²) in [6.07, 6.45) is 0. The molecule has 0 amide bonds. The predicted octanol–water partition coefficient (Wildman–Crippen LogP) is 3.82. The van der Waals surface area contributed by atoms with Crippen LogP contribution in [0.3, 0.4) is 0 Å². The molecule has 19 heavy (non-hydrogen) atoms. The van der Waals surface area contributed by atoms with E-state index in [0.29, 0.717) is 23.7 Å². The van der Waals surface area contributed by atoms with Crippen molar-refractivity contribution in [3.05, 3.63) is 34.6 Å². The van der Waals surface area contributed by atoms with Crippen molar-refractivity contribution in [2.45, 2.75) is 32.2 Å². The molecule has 2 nitrogen and oxygen atoms in total. The molecule has 1 aromatic carbocycles. The van der Waals surface area contributed by atoms with E-state index in [2.05, 4.69) is 31.7 Å². The van der Waals surface area contributed by atoms with Crippen LogP contribution in [0.2, 0.25) is 5.02 Å². The first-order valence-electron chi connectivity index (χ1n) is 6.43. The average molecular weight is 281 g/mol. The van der Waals surface area contributed by atoms with Crippen molar-refractivity contribution in [2.75, 3.05) is 13.1 Å². The lowest BCUT2D eigenvalue weighted by Crippen LogP contribution is -2.39. The SMILES string of the molecule is CC(C)(C)N1C[C@@H](C#N)[C@H](c2c(F)cccc2Cl)C1. The highest BCUT2D eigenvalue weighted by atomic mass is 35.5. The lowest BCUT2D eigenvalue weighted by atomic mass is 9.89. The van der Waals surface area contributed by atoms with E-state index in [9.17, 15) is 9.65 Å². The first kappa shape index (κ1) is 14.3. The number of halogens is 2. The second kappa shape index (κ2) is 5.11. The van der Waals surface area contributed by atoms with E-state index in [1.54, 1.807) is 12.1 Å². The molecule has 0 unspecified atom stereocenters. The normalized spacial score (nSPS) is 24.4.